The molecule has 1 saturated heterocycles. The summed E-state index contributed by atoms with van der Waals surface area (Å²) < 4.78 is 6.78. The van der Waals surface area contributed by atoms with E-state index in [0.717, 1.165) is 8.04 Å². The minimum Gasteiger partial charge on any atom is -0.450 e. The van der Waals surface area contributed by atoms with Crippen molar-refractivity contribution in [2.45, 2.75) is 6.92 Å². The van der Waals surface area contributed by atoms with Gasteiger partial charge < -0.3 is 14.5 Å². The normalized spacial score (nSPS) is 15.0. The molecular formula is C14H16BrIN2O3. The Morgan fingerprint density at radius 2 is 1.86 bits per heavy atom. The van der Waals surface area contributed by atoms with Gasteiger partial charge in [-0.1, -0.05) is 15.9 Å². The van der Waals surface area contributed by atoms with Crippen LogP contribution in [0.3, 0.4) is 0 Å². The van der Waals surface area contributed by atoms with Gasteiger partial charge in [-0.25, -0.2) is 4.79 Å². The van der Waals surface area contributed by atoms with Crippen molar-refractivity contribution in [2.24, 2.45) is 0 Å². The van der Waals surface area contributed by atoms with Crippen LogP contribution in [0, 0.1) is 3.57 Å². The molecule has 1 aliphatic heterocycles. The first kappa shape index (κ1) is 16.5. The number of amides is 2. The monoisotopic (exact) mass is 466 g/mol. The second-order valence-electron chi connectivity index (χ2n) is 4.60. The van der Waals surface area contributed by atoms with Gasteiger partial charge in [-0.05, 0) is 47.7 Å². The third kappa shape index (κ3) is 4.09. The molecule has 0 unspecified atom stereocenters. The Hall–Kier alpha value is -0.830. The number of carbonyl (C=O) groups excluding carboxylic acids is 2. The van der Waals surface area contributed by atoms with Crippen molar-refractivity contribution < 1.29 is 14.3 Å². The molecule has 5 nitrogen and oxygen atoms in total. The van der Waals surface area contributed by atoms with E-state index in [9.17, 15) is 9.59 Å². The minimum absolute atomic E-state index is 0.00390. The van der Waals surface area contributed by atoms with E-state index < -0.39 is 0 Å². The SMILES string of the molecule is CCOC(=O)N1CCN(C(=O)c2cc(Br)ccc2I)CC1. The van der Waals surface area contributed by atoms with Crippen LogP contribution in [0.5, 0.6) is 0 Å². The molecule has 114 valence electrons. The average Bonchev–Trinajstić information content (AvgIpc) is 2.49. The van der Waals surface area contributed by atoms with Crippen molar-refractivity contribution in [3.8, 4) is 0 Å². The molecular weight excluding hydrogens is 451 g/mol. The van der Waals surface area contributed by atoms with Crippen LogP contribution in [0.4, 0.5) is 4.79 Å². The molecule has 0 bridgehead atoms. The summed E-state index contributed by atoms with van der Waals surface area (Å²) in [5.41, 5.74) is 0.689. The first-order valence-corrected chi connectivity index (χ1v) is 8.56. The van der Waals surface area contributed by atoms with Gasteiger partial charge in [-0.2, -0.15) is 0 Å². The summed E-state index contributed by atoms with van der Waals surface area (Å²) in [6, 6.07) is 5.66. The molecule has 0 atom stereocenters. The van der Waals surface area contributed by atoms with Gasteiger partial charge >= 0.3 is 6.09 Å². The maximum Gasteiger partial charge on any atom is 0.409 e. The molecule has 1 heterocycles. The van der Waals surface area contributed by atoms with E-state index in [1.807, 2.05) is 18.2 Å². The van der Waals surface area contributed by atoms with Crippen LogP contribution in [0.25, 0.3) is 0 Å². The number of hydrogen-bond donors (Lipinski definition) is 0. The lowest BCUT2D eigenvalue weighted by Crippen LogP contribution is -2.50. The van der Waals surface area contributed by atoms with Crippen LogP contribution in [0.2, 0.25) is 0 Å². The number of nitrogens with zero attached hydrogens (tertiary/aromatic N) is 2. The van der Waals surface area contributed by atoms with Crippen LogP contribution in [-0.2, 0) is 4.74 Å². The third-order valence-electron chi connectivity index (χ3n) is 3.25. The zero-order valence-corrected chi connectivity index (χ0v) is 15.4. The molecule has 0 N–H and O–H groups in total. The minimum atomic E-state index is -0.304. The fourth-order valence-electron chi connectivity index (χ4n) is 2.14. The summed E-state index contributed by atoms with van der Waals surface area (Å²) in [4.78, 5) is 27.6. The quantitative estimate of drug-likeness (QED) is 0.629. The summed E-state index contributed by atoms with van der Waals surface area (Å²) in [5.74, 6) is 0.00390. The van der Waals surface area contributed by atoms with Crippen LogP contribution >= 0.6 is 38.5 Å². The van der Waals surface area contributed by atoms with Gasteiger partial charge in [0.2, 0.25) is 0 Å². The lowest BCUT2D eigenvalue weighted by Gasteiger charge is -2.34. The molecule has 2 rings (SSSR count). The smallest absolute Gasteiger partial charge is 0.409 e. The fourth-order valence-corrected chi connectivity index (χ4v) is 3.07. The number of carbonyl (C=O) groups is 2. The molecule has 0 aromatic heterocycles. The maximum absolute atomic E-state index is 12.5. The molecule has 0 spiro atoms. The van der Waals surface area contributed by atoms with E-state index in [2.05, 4.69) is 38.5 Å². The van der Waals surface area contributed by atoms with Crippen LogP contribution in [-0.4, -0.2) is 54.6 Å². The zero-order valence-electron chi connectivity index (χ0n) is 11.6. The Labute approximate surface area is 145 Å². The highest BCUT2D eigenvalue weighted by Crippen LogP contribution is 2.20. The second kappa shape index (κ2) is 7.44. The highest BCUT2D eigenvalue weighted by atomic mass is 127. The van der Waals surface area contributed by atoms with Crippen molar-refractivity contribution in [1.29, 1.82) is 0 Å². The Bertz CT molecular complexity index is 545. The highest BCUT2D eigenvalue weighted by molar-refractivity contribution is 14.1. The van der Waals surface area contributed by atoms with Crippen molar-refractivity contribution in [2.75, 3.05) is 32.8 Å². The van der Waals surface area contributed by atoms with Crippen molar-refractivity contribution in [3.05, 3.63) is 31.8 Å². The fraction of sp³-hybridized carbons (Fsp3) is 0.429. The molecule has 1 aliphatic rings. The van der Waals surface area contributed by atoms with E-state index in [1.54, 1.807) is 16.7 Å². The molecule has 2 amide bonds. The van der Waals surface area contributed by atoms with Crippen LogP contribution in [0.1, 0.15) is 17.3 Å². The standard InChI is InChI=1S/C14H16BrIN2O3/c1-2-21-14(20)18-7-5-17(6-8-18)13(19)11-9-10(15)3-4-12(11)16/h3-4,9H,2,5-8H2,1H3. The van der Waals surface area contributed by atoms with Crippen molar-refractivity contribution in [3.63, 3.8) is 0 Å². The second-order valence-corrected chi connectivity index (χ2v) is 6.68. The van der Waals surface area contributed by atoms with Gasteiger partial charge in [0.25, 0.3) is 5.91 Å². The van der Waals surface area contributed by atoms with Gasteiger partial charge in [0, 0.05) is 34.2 Å². The molecule has 0 aliphatic carbocycles. The van der Waals surface area contributed by atoms with Gasteiger partial charge in [0.1, 0.15) is 0 Å². The zero-order chi connectivity index (χ0) is 15.4. The van der Waals surface area contributed by atoms with E-state index in [1.165, 1.54) is 0 Å². The van der Waals surface area contributed by atoms with E-state index >= 15 is 0 Å². The van der Waals surface area contributed by atoms with Crippen LogP contribution < -0.4 is 0 Å². The first-order valence-electron chi connectivity index (χ1n) is 6.69. The first-order chi connectivity index (χ1) is 10.0. The predicted octanol–water partition coefficient (Wildman–Crippen LogP) is 2.97. The number of benzene rings is 1. The average molecular weight is 467 g/mol. The predicted molar refractivity (Wildman–Crippen MR) is 91.4 cm³/mol. The van der Waals surface area contributed by atoms with Gasteiger partial charge in [-0.15, -0.1) is 0 Å². The molecule has 21 heavy (non-hydrogen) atoms. The van der Waals surface area contributed by atoms with Crippen molar-refractivity contribution >= 4 is 50.5 Å². The number of ether oxygens (including phenoxy) is 1. The Morgan fingerprint density at radius 3 is 2.48 bits per heavy atom. The Morgan fingerprint density at radius 1 is 1.24 bits per heavy atom. The van der Waals surface area contributed by atoms with Crippen LogP contribution in [0.15, 0.2) is 22.7 Å². The highest BCUT2D eigenvalue weighted by Gasteiger charge is 2.26. The molecule has 1 aromatic carbocycles. The molecule has 1 aromatic rings. The summed E-state index contributed by atoms with van der Waals surface area (Å²) in [7, 11) is 0. The van der Waals surface area contributed by atoms with E-state index in [-0.39, 0.29) is 12.0 Å². The van der Waals surface area contributed by atoms with Gasteiger partial charge in [-0.3, -0.25) is 4.79 Å². The molecule has 1 fully saturated rings. The molecule has 0 saturated carbocycles. The van der Waals surface area contributed by atoms with E-state index in [0.29, 0.717) is 38.3 Å². The van der Waals surface area contributed by atoms with Crippen molar-refractivity contribution in [1.82, 2.24) is 9.80 Å². The van der Waals surface area contributed by atoms with Gasteiger partial charge in [0.05, 0.1) is 12.2 Å². The largest absolute Gasteiger partial charge is 0.450 e. The summed E-state index contributed by atoms with van der Waals surface area (Å²) >= 11 is 5.55. The number of piperazine rings is 1. The maximum atomic E-state index is 12.5. The lowest BCUT2D eigenvalue weighted by atomic mass is 10.2. The third-order valence-corrected chi connectivity index (χ3v) is 4.69. The number of hydrogen-bond acceptors (Lipinski definition) is 3. The Kier molecular flexibility index (Phi) is 5.86. The summed E-state index contributed by atoms with van der Waals surface area (Å²) in [6.07, 6.45) is -0.304. The van der Waals surface area contributed by atoms with E-state index in [4.69, 9.17) is 4.74 Å². The number of rotatable bonds is 2. The topological polar surface area (TPSA) is 49.9 Å². The Balaban J connectivity index is 2.00. The lowest BCUT2D eigenvalue weighted by molar-refractivity contribution is 0.0569. The van der Waals surface area contributed by atoms with Gasteiger partial charge in [0.15, 0.2) is 0 Å². The summed E-state index contributed by atoms with van der Waals surface area (Å²) in [5, 5.41) is 0. The molecule has 7 heteroatoms. The number of halogens is 2. The summed E-state index contributed by atoms with van der Waals surface area (Å²) in [6.45, 7) is 4.23. The molecule has 0 radical (unpaired) electrons.